The van der Waals surface area contributed by atoms with Crippen molar-refractivity contribution in [3.05, 3.63) is 12.2 Å². The van der Waals surface area contributed by atoms with Crippen LogP contribution in [0.4, 0.5) is 0 Å². The van der Waals surface area contributed by atoms with Gasteiger partial charge >= 0.3 is 0 Å². The Labute approximate surface area is 43.7 Å². The van der Waals surface area contributed by atoms with Crippen LogP contribution in [0.25, 0.3) is 0 Å². The van der Waals surface area contributed by atoms with E-state index in [1.807, 2.05) is 12.2 Å². The average molecular weight is 98.1 g/mol. The van der Waals surface area contributed by atoms with Crippen LogP contribution in [0.15, 0.2) is 12.2 Å². The molecular weight excluding hydrogens is 88.1 g/mol. The van der Waals surface area contributed by atoms with Gasteiger partial charge in [0.25, 0.3) is 0 Å². The predicted octanol–water partition coefficient (Wildman–Crippen LogP) is 0.943. The van der Waals surface area contributed by atoms with Crippen molar-refractivity contribution in [2.45, 2.75) is 19.4 Å². The largest absolute Gasteiger partial charge is 0.389 e. The summed E-state index contributed by atoms with van der Waals surface area (Å²) < 4.78 is 0. The van der Waals surface area contributed by atoms with Crippen molar-refractivity contribution < 1.29 is 5.11 Å². The Kier molecular flexibility index (Phi) is 1.15. The van der Waals surface area contributed by atoms with Crippen molar-refractivity contribution in [1.29, 1.82) is 0 Å². The standard InChI is InChI=1S/C6H10O/c1-5-2-3-6(7)4-5/h2-3,5-7H,4H2,1H3/t5?,6-/m1/s1. The van der Waals surface area contributed by atoms with Crippen LogP contribution in [0.1, 0.15) is 13.3 Å². The summed E-state index contributed by atoms with van der Waals surface area (Å²) in [5, 5.41) is 8.81. The maximum Gasteiger partial charge on any atom is 0.0726 e. The molecule has 1 N–H and O–H groups in total. The van der Waals surface area contributed by atoms with Crippen molar-refractivity contribution >= 4 is 0 Å². The topological polar surface area (TPSA) is 20.2 Å². The number of hydrogen-bond acceptors (Lipinski definition) is 1. The molecule has 1 heteroatoms. The minimum atomic E-state index is -0.157. The lowest BCUT2D eigenvalue weighted by atomic mass is 10.1. The van der Waals surface area contributed by atoms with Gasteiger partial charge in [-0.2, -0.15) is 0 Å². The van der Waals surface area contributed by atoms with Gasteiger partial charge in [0.05, 0.1) is 6.10 Å². The molecule has 0 saturated carbocycles. The molecule has 0 saturated heterocycles. The average Bonchev–Trinajstić information content (AvgIpc) is 1.87. The minimum absolute atomic E-state index is 0.157. The lowest BCUT2D eigenvalue weighted by Crippen LogP contribution is -1.97. The fourth-order valence-electron chi connectivity index (χ4n) is 0.856. The second-order valence-electron chi connectivity index (χ2n) is 2.17. The van der Waals surface area contributed by atoms with Gasteiger partial charge in [0, 0.05) is 0 Å². The minimum Gasteiger partial charge on any atom is -0.389 e. The molecular formula is C6H10O. The Morgan fingerprint density at radius 1 is 1.57 bits per heavy atom. The highest BCUT2D eigenvalue weighted by Crippen LogP contribution is 2.15. The van der Waals surface area contributed by atoms with E-state index in [9.17, 15) is 0 Å². The van der Waals surface area contributed by atoms with Crippen LogP contribution in [-0.4, -0.2) is 11.2 Å². The summed E-state index contributed by atoms with van der Waals surface area (Å²) in [6, 6.07) is 0. The van der Waals surface area contributed by atoms with E-state index in [0.29, 0.717) is 5.92 Å². The van der Waals surface area contributed by atoms with Gasteiger partial charge in [0.15, 0.2) is 0 Å². The number of rotatable bonds is 0. The maximum atomic E-state index is 8.81. The smallest absolute Gasteiger partial charge is 0.0726 e. The Bertz CT molecular complexity index is 76.2. The Balaban J connectivity index is 2.42. The van der Waals surface area contributed by atoms with Gasteiger partial charge in [0.2, 0.25) is 0 Å². The molecule has 0 aromatic rings. The van der Waals surface area contributed by atoms with E-state index in [1.165, 1.54) is 0 Å². The molecule has 1 rings (SSSR count). The summed E-state index contributed by atoms with van der Waals surface area (Å²) in [6.07, 6.45) is 4.66. The van der Waals surface area contributed by atoms with Crippen LogP contribution in [0.3, 0.4) is 0 Å². The maximum absolute atomic E-state index is 8.81. The van der Waals surface area contributed by atoms with E-state index in [4.69, 9.17) is 5.11 Å². The van der Waals surface area contributed by atoms with Gasteiger partial charge in [-0.1, -0.05) is 19.1 Å². The summed E-state index contributed by atoms with van der Waals surface area (Å²) in [5.41, 5.74) is 0. The van der Waals surface area contributed by atoms with Gasteiger partial charge in [-0.3, -0.25) is 0 Å². The van der Waals surface area contributed by atoms with Crippen molar-refractivity contribution in [3.63, 3.8) is 0 Å². The molecule has 0 radical (unpaired) electrons. The quantitative estimate of drug-likeness (QED) is 0.447. The molecule has 0 spiro atoms. The van der Waals surface area contributed by atoms with Gasteiger partial charge in [-0.05, 0) is 12.3 Å². The van der Waals surface area contributed by atoms with E-state index in [1.54, 1.807) is 0 Å². The molecule has 0 bridgehead atoms. The molecule has 1 unspecified atom stereocenters. The predicted molar refractivity (Wildman–Crippen MR) is 28.9 cm³/mol. The first kappa shape index (κ1) is 4.85. The normalized spacial score (nSPS) is 39.7. The number of aliphatic hydroxyl groups is 1. The lowest BCUT2D eigenvalue weighted by molar-refractivity contribution is 0.212. The zero-order chi connectivity index (χ0) is 5.28. The molecule has 2 atom stereocenters. The van der Waals surface area contributed by atoms with Crippen molar-refractivity contribution in [2.75, 3.05) is 0 Å². The first-order chi connectivity index (χ1) is 3.29. The molecule has 0 fully saturated rings. The van der Waals surface area contributed by atoms with E-state index in [-0.39, 0.29) is 6.10 Å². The highest BCUT2D eigenvalue weighted by atomic mass is 16.3. The van der Waals surface area contributed by atoms with Crippen LogP contribution < -0.4 is 0 Å². The highest BCUT2D eigenvalue weighted by Gasteiger charge is 2.10. The molecule has 0 heterocycles. The first-order valence-corrected chi connectivity index (χ1v) is 2.65. The SMILES string of the molecule is CC1C=C[C@@H](O)C1. The van der Waals surface area contributed by atoms with Crippen LogP contribution in [-0.2, 0) is 0 Å². The second kappa shape index (κ2) is 1.66. The number of allylic oxidation sites excluding steroid dienone is 1. The van der Waals surface area contributed by atoms with Crippen LogP contribution in [0.2, 0.25) is 0 Å². The molecule has 1 aliphatic carbocycles. The Morgan fingerprint density at radius 3 is 2.43 bits per heavy atom. The van der Waals surface area contributed by atoms with Crippen molar-refractivity contribution in [1.82, 2.24) is 0 Å². The third-order valence-corrected chi connectivity index (χ3v) is 1.28. The van der Waals surface area contributed by atoms with Crippen LogP contribution >= 0.6 is 0 Å². The zero-order valence-electron chi connectivity index (χ0n) is 4.46. The van der Waals surface area contributed by atoms with E-state index in [0.717, 1.165) is 6.42 Å². The van der Waals surface area contributed by atoms with E-state index < -0.39 is 0 Å². The van der Waals surface area contributed by atoms with E-state index >= 15 is 0 Å². The first-order valence-electron chi connectivity index (χ1n) is 2.65. The zero-order valence-corrected chi connectivity index (χ0v) is 4.46. The summed E-state index contributed by atoms with van der Waals surface area (Å²) in [6.45, 7) is 2.10. The molecule has 1 nitrogen and oxygen atoms in total. The molecule has 0 aliphatic heterocycles. The van der Waals surface area contributed by atoms with Gasteiger partial charge in [-0.15, -0.1) is 0 Å². The Morgan fingerprint density at radius 2 is 2.29 bits per heavy atom. The molecule has 1 aliphatic rings. The fraction of sp³-hybridized carbons (Fsp3) is 0.667. The van der Waals surface area contributed by atoms with E-state index in [2.05, 4.69) is 6.92 Å². The molecule has 0 aromatic heterocycles. The second-order valence-corrected chi connectivity index (χ2v) is 2.17. The molecule has 7 heavy (non-hydrogen) atoms. The van der Waals surface area contributed by atoms with Crippen molar-refractivity contribution in [2.24, 2.45) is 5.92 Å². The molecule has 40 valence electrons. The molecule has 0 amide bonds. The van der Waals surface area contributed by atoms with Gasteiger partial charge < -0.3 is 5.11 Å². The lowest BCUT2D eigenvalue weighted by Gasteiger charge is -1.96. The van der Waals surface area contributed by atoms with Gasteiger partial charge in [-0.25, -0.2) is 0 Å². The summed E-state index contributed by atoms with van der Waals surface area (Å²) in [5.74, 6) is 0.593. The number of hydrogen-bond donors (Lipinski definition) is 1. The van der Waals surface area contributed by atoms with Crippen LogP contribution in [0.5, 0.6) is 0 Å². The van der Waals surface area contributed by atoms with Crippen LogP contribution in [0, 0.1) is 5.92 Å². The monoisotopic (exact) mass is 98.1 g/mol. The highest BCUT2D eigenvalue weighted by molar-refractivity contribution is 5.00. The van der Waals surface area contributed by atoms with Gasteiger partial charge in [0.1, 0.15) is 0 Å². The van der Waals surface area contributed by atoms with Crippen molar-refractivity contribution in [3.8, 4) is 0 Å². The summed E-state index contributed by atoms with van der Waals surface area (Å²) >= 11 is 0. The fourth-order valence-corrected chi connectivity index (χ4v) is 0.856. The molecule has 0 aromatic carbocycles. The third kappa shape index (κ3) is 1.03. The Hall–Kier alpha value is -0.300. The number of aliphatic hydroxyl groups excluding tert-OH is 1. The third-order valence-electron chi connectivity index (χ3n) is 1.28. The summed E-state index contributed by atoms with van der Waals surface area (Å²) in [7, 11) is 0. The summed E-state index contributed by atoms with van der Waals surface area (Å²) in [4.78, 5) is 0.